The van der Waals surface area contributed by atoms with Gasteiger partial charge in [-0.05, 0) is 47.8 Å². The van der Waals surface area contributed by atoms with Gasteiger partial charge in [0.15, 0.2) is 0 Å². The predicted octanol–water partition coefficient (Wildman–Crippen LogP) is 3.14. The van der Waals surface area contributed by atoms with E-state index < -0.39 is 10.0 Å². The molecule has 1 aliphatic heterocycles. The molecule has 0 spiro atoms. The number of benzene rings is 1. The van der Waals surface area contributed by atoms with Crippen LogP contribution in [0.4, 0.5) is 5.69 Å². The third-order valence-electron chi connectivity index (χ3n) is 4.85. The van der Waals surface area contributed by atoms with Crippen LogP contribution in [0.1, 0.15) is 5.76 Å². The Morgan fingerprint density at radius 3 is 2.66 bits per heavy atom. The summed E-state index contributed by atoms with van der Waals surface area (Å²) in [5.74, 6) is 0.915. The quantitative estimate of drug-likeness (QED) is 0.615. The van der Waals surface area contributed by atoms with Crippen molar-refractivity contribution in [2.24, 2.45) is 0 Å². The summed E-state index contributed by atoms with van der Waals surface area (Å²) < 4.78 is 39.0. The zero-order valence-corrected chi connectivity index (χ0v) is 17.3. The molecule has 1 fully saturated rings. The number of hydrogen-bond donors (Lipinski definition) is 1. The number of nitrogens with zero attached hydrogens (tertiary/aromatic N) is 2. The molecule has 1 aromatic carbocycles. The second-order valence-electron chi connectivity index (χ2n) is 6.75. The van der Waals surface area contributed by atoms with E-state index in [9.17, 15) is 13.5 Å². The van der Waals surface area contributed by atoms with Crippen molar-refractivity contribution in [3.63, 3.8) is 0 Å². The summed E-state index contributed by atoms with van der Waals surface area (Å²) in [4.78, 5) is 2.13. The summed E-state index contributed by atoms with van der Waals surface area (Å²) in [6.07, 6.45) is 1.59. The highest BCUT2D eigenvalue weighted by Gasteiger charge is 2.35. The number of anilines is 1. The maximum Gasteiger partial charge on any atom is 0.252 e. The van der Waals surface area contributed by atoms with Gasteiger partial charge >= 0.3 is 0 Å². The van der Waals surface area contributed by atoms with E-state index in [0.717, 1.165) is 11.4 Å². The average Bonchev–Trinajstić information content (AvgIpc) is 3.43. The summed E-state index contributed by atoms with van der Waals surface area (Å²) in [7, 11) is -3.52. The van der Waals surface area contributed by atoms with Crippen LogP contribution in [0, 0.1) is 0 Å². The van der Waals surface area contributed by atoms with Crippen molar-refractivity contribution in [3.8, 4) is 5.75 Å². The first-order valence-corrected chi connectivity index (χ1v) is 11.6. The number of thiophene rings is 1. The number of rotatable bonds is 7. The minimum atomic E-state index is -3.52. The molecule has 1 saturated heterocycles. The maximum absolute atomic E-state index is 13.0. The van der Waals surface area contributed by atoms with Gasteiger partial charge in [-0.3, -0.25) is 0 Å². The number of aromatic hydroxyl groups is 1. The van der Waals surface area contributed by atoms with E-state index in [1.807, 2.05) is 18.2 Å². The van der Waals surface area contributed by atoms with Gasteiger partial charge in [0.2, 0.25) is 0 Å². The van der Waals surface area contributed by atoms with Gasteiger partial charge < -0.3 is 19.2 Å². The van der Waals surface area contributed by atoms with E-state index in [4.69, 9.17) is 9.15 Å². The second-order valence-corrected chi connectivity index (χ2v) is 9.87. The van der Waals surface area contributed by atoms with E-state index in [2.05, 4.69) is 4.90 Å². The maximum atomic E-state index is 13.0. The van der Waals surface area contributed by atoms with Crippen molar-refractivity contribution < 1.29 is 22.7 Å². The Balaban J connectivity index is 1.52. The summed E-state index contributed by atoms with van der Waals surface area (Å²) in [5.41, 5.74) is 0.919. The fourth-order valence-electron chi connectivity index (χ4n) is 3.40. The van der Waals surface area contributed by atoms with Crippen LogP contribution < -0.4 is 4.90 Å². The Morgan fingerprint density at radius 2 is 1.97 bits per heavy atom. The molecule has 0 aliphatic carbocycles. The highest BCUT2D eigenvalue weighted by molar-refractivity contribution is 7.91. The monoisotopic (exact) mass is 434 g/mol. The predicted molar refractivity (Wildman–Crippen MR) is 111 cm³/mol. The third-order valence-corrected chi connectivity index (χ3v) is 8.09. The van der Waals surface area contributed by atoms with Crippen LogP contribution in [-0.2, 0) is 21.4 Å². The molecule has 0 radical (unpaired) electrons. The van der Waals surface area contributed by atoms with Crippen molar-refractivity contribution in [3.05, 3.63) is 65.9 Å². The average molecular weight is 435 g/mol. The molecule has 4 rings (SSSR count). The Morgan fingerprint density at radius 1 is 1.14 bits per heavy atom. The summed E-state index contributed by atoms with van der Waals surface area (Å²) in [6, 6.07) is 13.8. The smallest absolute Gasteiger partial charge is 0.252 e. The molecule has 154 valence electrons. The van der Waals surface area contributed by atoms with E-state index in [0.29, 0.717) is 37.1 Å². The van der Waals surface area contributed by atoms with Gasteiger partial charge in [-0.25, -0.2) is 8.42 Å². The van der Waals surface area contributed by atoms with Crippen LogP contribution >= 0.6 is 11.3 Å². The number of ether oxygens (including phenoxy) is 1. The Labute approximate surface area is 173 Å². The van der Waals surface area contributed by atoms with Crippen LogP contribution in [0.5, 0.6) is 5.75 Å². The standard InChI is InChI=1S/C20H22N2O5S2/c23-18-7-5-16(6-8-18)22-10-9-21(29(24,25)20-4-2-12-28-20)13-17(22)14-26-15-19-3-1-11-27-19/h1-8,11-12,17,23H,9-10,13-15H2/t17-/m1/s1. The lowest BCUT2D eigenvalue weighted by molar-refractivity contribution is 0.0833. The zero-order chi connectivity index (χ0) is 20.3. The van der Waals surface area contributed by atoms with Crippen LogP contribution in [0.25, 0.3) is 0 Å². The first kappa shape index (κ1) is 20.0. The highest BCUT2D eigenvalue weighted by atomic mass is 32.2. The molecule has 29 heavy (non-hydrogen) atoms. The molecule has 1 aliphatic rings. The summed E-state index contributed by atoms with van der Waals surface area (Å²) in [6.45, 7) is 1.90. The van der Waals surface area contributed by atoms with E-state index in [-0.39, 0.29) is 11.8 Å². The minimum Gasteiger partial charge on any atom is -0.508 e. The molecule has 7 nitrogen and oxygen atoms in total. The lowest BCUT2D eigenvalue weighted by Gasteiger charge is -2.41. The molecular weight excluding hydrogens is 412 g/mol. The Bertz CT molecular complexity index is 1000. The van der Waals surface area contributed by atoms with Crippen LogP contribution in [0.15, 0.2) is 68.8 Å². The lowest BCUT2D eigenvalue weighted by atomic mass is 10.1. The molecule has 0 saturated carbocycles. The molecule has 0 amide bonds. The van der Waals surface area contributed by atoms with Crippen LogP contribution in [0.3, 0.4) is 0 Å². The van der Waals surface area contributed by atoms with E-state index >= 15 is 0 Å². The van der Waals surface area contributed by atoms with Gasteiger partial charge in [0.1, 0.15) is 22.3 Å². The number of sulfonamides is 1. The molecule has 3 aromatic rings. The fraction of sp³-hybridized carbons (Fsp3) is 0.300. The van der Waals surface area contributed by atoms with Gasteiger partial charge in [0, 0.05) is 25.3 Å². The molecule has 0 unspecified atom stereocenters. The molecule has 3 heterocycles. The van der Waals surface area contributed by atoms with Crippen LogP contribution in [0.2, 0.25) is 0 Å². The van der Waals surface area contributed by atoms with Crippen molar-refractivity contribution in [1.29, 1.82) is 0 Å². The third kappa shape index (κ3) is 4.48. The zero-order valence-electron chi connectivity index (χ0n) is 15.7. The number of phenols is 1. The van der Waals surface area contributed by atoms with Crippen LogP contribution in [-0.4, -0.2) is 50.1 Å². The fourth-order valence-corrected chi connectivity index (χ4v) is 6.01. The lowest BCUT2D eigenvalue weighted by Crippen LogP contribution is -2.56. The Hall–Kier alpha value is -2.33. The Kier molecular flexibility index (Phi) is 5.91. The van der Waals surface area contributed by atoms with Gasteiger partial charge in [-0.2, -0.15) is 4.31 Å². The van der Waals surface area contributed by atoms with E-state index in [1.54, 1.807) is 42.0 Å². The summed E-state index contributed by atoms with van der Waals surface area (Å²) >= 11 is 1.22. The van der Waals surface area contributed by atoms with Gasteiger partial charge in [-0.1, -0.05) is 6.07 Å². The molecule has 2 aromatic heterocycles. The summed E-state index contributed by atoms with van der Waals surface area (Å²) in [5, 5.41) is 11.3. The number of hydrogen-bond acceptors (Lipinski definition) is 7. The van der Waals surface area contributed by atoms with Crippen molar-refractivity contribution in [2.75, 3.05) is 31.1 Å². The molecule has 1 N–H and O–H groups in total. The molecule has 1 atom stereocenters. The first-order chi connectivity index (χ1) is 14.0. The topological polar surface area (TPSA) is 83.2 Å². The van der Waals surface area contributed by atoms with E-state index in [1.165, 1.54) is 15.6 Å². The second kappa shape index (κ2) is 8.58. The van der Waals surface area contributed by atoms with Crippen molar-refractivity contribution >= 4 is 27.0 Å². The number of furan rings is 1. The molecular formula is C20H22N2O5S2. The molecule has 0 bridgehead atoms. The highest BCUT2D eigenvalue weighted by Crippen LogP contribution is 2.27. The largest absolute Gasteiger partial charge is 0.508 e. The first-order valence-electron chi connectivity index (χ1n) is 9.23. The van der Waals surface area contributed by atoms with Crippen molar-refractivity contribution in [1.82, 2.24) is 4.31 Å². The van der Waals surface area contributed by atoms with Gasteiger partial charge in [-0.15, -0.1) is 11.3 Å². The van der Waals surface area contributed by atoms with Gasteiger partial charge in [0.25, 0.3) is 10.0 Å². The number of piperazine rings is 1. The number of phenolic OH excluding ortho intramolecular Hbond substituents is 1. The van der Waals surface area contributed by atoms with Crippen molar-refractivity contribution in [2.45, 2.75) is 16.9 Å². The minimum absolute atomic E-state index is 0.169. The van der Waals surface area contributed by atoms with Gasteiger partial charge in [0.05, 0.1) is 18.9 Å². The SMILES string of the molecule is O=S(=O)(c1cccs1)N1CCN(c2ccc(O)cc2)[C@@H](COCc2ccco2)C1. The molecule has 9 heteroatoms. The normalized spacial score (nSPS) is 18.2.